The van der Waals surface area contributed by atoms with E-state index in [4.69, 9.17) is 15.8 Å². The highest BCUT2D eigenvalue weighted by Crippen LogP contribution is 2.33. The molecule has 3 N–H and O–H groups in total. The lowest BCUT2D eigenvalue weighted by molar-refractivity contribution is 0.703. The van der Waals surface area contributed by atoms with E-state index in [0.29, 0.717) is 24.0 Å². The average molecular weight is 384 g/mol. The lowest BCUT2D eigenvalue weighted by atomic mass is 10.1. The van der Waals surface area contributed by atoms with Crippen molar-refractivity contribution >= 4 is 22.8 Å². The molecule has 0 saturated heterocycles. The maximum atomic E-state index is 6.55. The van der Waals surface area contributed by atoms with Crippen LogP contribution in [0.3, 0.4) is 0 Å². The van der Waals surface area contributed by atoms with Crippen molar-refractivity contribution in [2.24, 2.45) is 5.92 Å². The van der Waals surface area contributed by atoms with Crippen molar-refractivity contribution in [3.05, 3.63) is 65.7 Å². The maximum absolute atomic E-state index is 6.55. The van der Waals surface area contributed by atoms with Crippen LogP contribution >= 0.6 is 0 Å². The summed E-state index contributed by atoms with van der Waals surface area (Å²) < 4.78 is 1.82. The number of aromatic nitrogens is 4. The topological polar surface area (TPSA) is 81.7 Å². The first-order valence-electron chi connectivity index (χ1n) is 10.1. The van der Waals surface area contributed by atoms with Gasteiger partial charge in [0.2, 0.25) is 5.95 Å². The molecule has 0 radical (unpaired) electrons. The number of nitrogens with two attached hydrogens (primary N) is 1. The Morgan fingerprint density at radius 2 is 1.90 bits per heavy atom. The van der Waals surface area contributed by atoms with Crippen LogP contribution < -0.4 is 11.1 Å². The van der Waals surface area contributed by atoms with Crippen molar-refractivity contribution in [2.75, 3.05) is 17.6 Å². The molecule has 0 amide bonds. The summed E-state index contributed by atoms with van der Waals surface area (Å²) in [5.41, 5.74) is 11.3. The second-order valence-electron chi connectivity index (χ2n) is 7.82. The molecule has 0 aliphatic heterocycles. The predicted octanol–water partition coefficient (Wildman–Crippen LogP) is 4.25. The summed E-state index contributed by atoms with van der Waals surface area (Å²) in [6, 6.07) is 18.5. The van der Waals surface area contributed by atoms with Gasteiger partial charge in [-0.2, -0.15) is 4.98 Å². The van der Waals surface area contributed by atoms with Crippen molar-refractivity contribution in [1.82, 2.24) is 19.7 Å². The fraction of sp³-hybridized carbons (Fsp3) is 0.261. The van der Waals surface area contributed by atoms with E-state index in [1.165, 1.54) is 18.4 Å². The number of hydrogen-bond donors (Lipinski definition) is 2. The average Bonchev–Trinajstić information content (AvgIpc) is 3.51. The van der Waals surface area contributed by atoms with E-state index in [2.05, 4.69) is 47.6 Å². The fourth-order valence-corrected chi connectivity index (χ4v) is 3.57. The zero-order chi connectivity index (χ0) is 19.8. The molecule has 6 heteroatoms. The Balaban J connectivity index is 1.62. The number of nitrogens with one attached hydrogen (secondary N) is 1. The second kappa shape index (κ2) is 7.20. The largest absolute Gasteiger partial charge is 0.383 e. The summed E-state index contributed by atoms with van der Waals surface area (Å²) in [5, 5.41) is 8.92. The Bertz CT molecular complexity index is 1160. The minimum atomic E-state index is 0.592. The minimum absolute atomic E-state index is 0.592. The predicted molar refractivity (Wildman–Crippen MR) is 117 cm³/mol. The standard InChI is InChI=1S/C23H24N6/c1-15-6-5-9-18(12-15)20-19-21(24)29(14-17-7-3-2-4-8-17)28-22(19)27-23(26-20)25-13-16-10-11-16/h2-9,12,16H,10-11,13-14,24H2,1H3,(H,25,27,28). The first-order chi connectivity index (χ1) is 14.2. The second-order valence-corrected chi connectivity index (χ2v) is 7.82. The molecule has 1 aliphatic rings. The van der Waals surface area contributed by atoms with Gasteiger partial charge in [-0.3, -0.25) is 0 Å². The SMILES string of the molecule is Cc1cccc(-c2nc(NCC3CC3)nc3nn(Cc4ccccc4)c(N)c23)c1. The molecule has 146 valence electrons. The third kappa shape index (κ3) is 3.66. The van der Waals surface area contributed by atoms with Crippen LogP contribution in [0.4, 0.5) is 11.8 Å². The maximum Gasteiger partial charge on any atom is 0.225 e. The summed E-state index contributed by atoms with van der Waals surface area (Å²) in [6.07, 6.45) is 2.55. The van der Waals surface area contributed by atoms with Gasteiger partial charge >= 0.3 is 0 Å². The van der Waals surface area contributed by atoms with Crippen molar-refractivity contribution < 1.29 is 0 Å². The molecule has 0 spiro atoms. The van der Waals surface area contributed by atoms with Crippen molar-refractivity contribution in [3.63, 3.8) is 0 Å². The molecule has 2 aromatic heterocycles. The number of anilines is 2. The van der Waals surface area contributed by atoms with E-state index in [0.717, 1.165) is 34.7 Å². The summed E-state index contributed by atoms with van der Waals surface area (Å²) in [7, 11) is 0. The summed E-state index contributed by atoms with van der Waals surface area (Å²) in [6.45, 7) is 3.58. The number of rotatable bonds is 6. The molecule has 1 fully saturated rings. The summed E-state index contributed by atoms with van der Waals surface area (Å²) in [4.78, 5) is 9.51. The molecular formula is C23H24N6. The number of fused-ring (bicyclic) bond motifs is 1. The Kier molecular flexibility index (Phi) is 4.39. The van der Waals surface area contributed by atoms with Crippen LogP contribution in [0.15, 0.2) is 54.6 Å². The van der Waals surface area contributed by atoms with Crippen LogP contribution in [0.25, 0.3) is 22.3 Å². The van der Waals surface area contributed by atoms with Crippen LogP contribution in [0, 0.1) is 12.8 Å². The van der Waals surface area contributed by atoms with Crippen LogP contribution in [0.1, 0.15) is 24.0 Å². The lowest BCUT2D eigenvalue weighted by Gasteiger charge is -2.09. The van der Waals surface area contributed by atoms with E-state index in [-0.39, 0.29) is 0 Å². The van der Waals surface area contributed by atoms with Gasteiger partial charge in [0.1, 0.15) is 5.82 Å². The highest BCUT2D eigenvalue weighted by molar-refractivity contribution is 5.99. The summed E-state index contributed by atoms with van der Waals surface area (Å²) in [5.74, 6) is 1.94. The van der Waals surface area contributed by atoms with E-state index in [1.54, 1.807) is 0 Å². The van der Waals surface area contributed by atoms with Crippen molar-refractivity contribution in [1.29, 1.82) is 0 Å². The monoisotopic (exact) mass is 384 g/mol. The number of aryl methyl sites for hydroxylation is 1. The first-order valence-corrected chi connectivity index (χ1v) is 10.1. The number of nitrogens with zero attached hydrogens (tertiary/aromatic N) is 4. The third-order valence-electron chi connectivity index (χ3n) is 5.35. The molecule has 6 nitrogen and oxygen atoms in total. The fourth-order valence-electron chi connectivity index (χ4n) is 3.57. The van der Waals surface area contributed by atoms with E-state index in [1.807, 2.05) is 28.9 Å². The number of nitrogen functional groups attached to an aromatic ring is 1. The van der Waals surface area contributed by atoms with Gasteiger partial charge in [0, 0.05) is 12.1 Å². The molecule has 2 aromatic carbocycles. The molecule has 1 saturated carbocycles. The van der Waals surface area contributed by atoms with E-state index >= 15 is 0 Å². The van der Waals surface area contributed by atoms with Gasteiger partial charge in [-0.25, -0.2) is 9.67 Å². The Morgan fingerprint density at radius 1 is 1.07 bits per heavy atom. The van der Waals surface area contributed by atoms with Gasteiger partial charge in [-0.05, 0) is 37.3 Å². The molecule has 29 heavy (non-hydrogen) atoms. The lowest BCUT2D eigenvalue weighted by Crippen LogP contribution is -2.07. The van der Waals surface area contributed by atoms with Crippen LogP contribution in [0.5, 0.6) is 0 Å². The highest BCUT2D eigenvalue weighted by Gasteiger charge is 2.22. The number of hydrogen-bond acceptors (Lipinski definition) is 5. The van der Waals surface area contributed by atoms with Gasteiger partial charge in [0.15, 0.2) is 5.65 Å². The molecule has 0 unspecified atom stereocenters. The van der Waals surface area contributed by atoms with Gasteiger partial charge in [0.05, 0.1) is 17.6 Å². The van der Waals surface area contributed by atoms with Crippen molar-refractivity contribution in [2.45, 2.75) is 26.3 Å². The molecule has 0 atom stereocenters. The third-order valence-corrected chi connectivity index (χ3v) is 5.35. The zero-order valence-corrected chi connectivity index (χ0v) is 16.5. The van der Waals surface area contributed by atoms with Crippen LogP contribution in [-0.4, -0.2) is 26.3 Å². The first kappa shape index (κ1) is 17.7. The van der Waals surface area contributed by atoms with E-state index < -0.39 is 0 Å². The smallest absolute Gasteiger partial charge is 0.225 e. The molecule has 5 rings (SSSR count). The quantitative estimate of drug-likeness (QED) is 0.519. The van der Waals surface area contributed by atoms with Gasteiger partial charge < -0.3 is 11.1 Å². The number of benzene rings is 2. The molecule has 1 aliphatic carbocycles. The van der Waals surface area contributed by atoms with Gasteiger partial charge in [0.25, 0.3) is 0 Å². The molecule has 0 bridgehead atoms. The van der Waals surface area contributed by atoms with E-state index in [9.17, 15) is 0 Å². The molecule has 2 heterocycles. The molecule has 4 aromatic rings. The van der Waals surface area contributed by atoms with Crippen LogP contribution in [-0.2, 0) is 6.54 Å². The Labute approximate surface area is 169 Å². The van der Waals surface area contributed by atoms with Crippen LogP contribution in [0.2, 0.25) is 0 Å². The highest BCUT2D eigenvalue weighted by atomic mass is 15.3. The van der Waals surface area contributed by atoms with Crippen molar-refractivity contribution in [3.8, 4) is 11.3 Å². The zero-order valence-electron chi connectivity index (χ0n) is 16.5. The molecular weight excluding hydrogens is 360 g/mol. The Morgan fingerprint density at radius 3 is 2.66 bits per heavy atom. The summed E-state index contributed by atoms with van der Waals surface area (Å²) >= 11 is 0. The minimum Gasteiger partial charge on any atom is -0.383 e. The van der Waals surface area contributed by atoms with Gasteiger partial charge in [-0.15, -0.1) is 5.10 Å². The van der Waals surface area contributed by atoms with Gasteiger partial charge in [-0.1, -0.05) is 54.1 Å². The normalized spacial score (nSPS) is 13.7. The Hall–Kier alpha value is -3.41.